The van der Waals surface area contributed by atoms with Crippen molar-refractivity contribution in [2.24, 2.45) is 5.92 Å². The summed E-state index contributed by atoms with van der Waals surface area (Å²) in [6, 6.07) is 16.6. The van der Waals surface area contributed by atoms with Gasteiger partial charge in [0.2, 0.25) is 5.91 Å². The molecule has 3 atom stereocenters. The number of amides is 2. The molecule has 2 amide bonds. The van der Waals surface area contributed by atoms with Gasteiger partial charge in [-0.25, -0.2) is 9.96 Å². The number of hydroxylamine groups is 1. The number of nitro groups is 2. The number of imide groups is 1. The predicted octanol–water partition coefficient (Wildman–Crippen LogP) is 4.21. The van der Waals surface area contributed by atoms with Crippen molar-refractivity contribution < 1.29 is 24.3 Å². The van der Waals surface area contributed by atoms with Gasteiger partial charge in [0, 0.05) is 29.3 Å². The number of rotatable bonds is 5. The quantitative estimate of drug-likeness (QED) is 0.292. The van der Waals surface area contributed by atoms with Crippen molar-refractivity contribution in [3.05, 3.63) is 104 Å². The largest absolute Gasteiger partial charge is 0.273 e. The number of nitro benzene ring substituents is 2. The van der Waals surface area contributed by atoms with Crippen molar-refractivity contribution in [1.29, 1.82) is 0 Å². The first kappa shape index (κ1) is 22.4. The van der Waals surface area contributed by atoms with Crippen molar-refractivity contribution >= 4 is 46.2 Å². The highest BCUT2D eigenvalue weighted by Crippen LogP contribution is 2.48. The molecule has 2 saturated heterocycles. The molecule has 0 bridgehead atoms. The molecule has 11 nitrogen and oxygen atoms in total. The summed E-state index contributed by atoms with van der Waals surface area (Å²) in [5.74, 6) is -2.26. The zero-order chi connectivity index (χ0) is 24.9. The van der Waals surface area contributed by atoms with Crippen molar-refractivity contribution in [2.75, 3.05) is 9.96 Å². The second-order valence-corrected chi connectivity index (χ2v) is 8.37. The number of nitrogens with zero attached hydrogens (tertiary/aromatic N) is 4. The van der Waals surface area contributed by atoms with Gasteiger partial charge in [-0.15, -0.1) is 0 Å². The Balaban J connectivity index is 1.57. The van der Waals surface area contributed by atoms with Crippen LogP contribution >= 0.6 is 11.6 Å². The van der Waals surface area contributed by atoms with E-state index in [9.17, 15) is 29.8 Å². The molecule has 3 aromatic rings. The Labute approximate surface area is 202 Å². The van der Waals surface area contributed by atoms with Crippen LogP contribution in [0.2, 0.25) is 5.02 Å². The molecule has 3 aromatic carbocycles. The number of anilines is 2. The molecule has 0 spiro atoms. The fraction of sp³-hybridized carbons (Fsp3) is 0.130. The lowest BCUT2D eigenvalue weighted by molar-refractivity contribution is -0.385. The van der Waals surface area contributed by atoms with Crippen molar-refractivity contribution in [1.82, 2.24) is 0 Å². The smallest absolute Gasteiger partial charge is 0.271 e. The lowest BCUT2D eigenvalue weighted by Crippen LogP contribution is -2.37. The van der Waals surface area contributed by atoms with Gasteiger partial charge in [0.05, 0.1) is 27.3 Å². The fourth-order valence-corrected chi connectivity index (χ4v) is 4.48. The number of halogens is 1. The highest BCUT2D eigenvalue weighted by Gasteiger charge is 2.60. The summed E-state index contributed by atoms with van der Waals surface area (Å²) in [7, 11) is 0. The van der Waals surface area contributed by atoms with Crippen LogP contribution in [0, 0.1) is 26.1 Å². The van der Waals surface area contributed by atoms with Crippen LogP contribution in [0.1, 0.15) is 11.6 Å². The molecular formula is C23H15ClN4O7. The van der Waals surface area contributed by atoms with Gasteiger partial charge in [0.1, 0.15) is 5.92 Å². The fourth-order valence-electron chi connectivity index (χ4n) is 4.36. The first-order valence-corrected chi connectivity index (χ1v) is 10.7. The lowest BCUT2D eigenvalue weighted by Gasteiger charge is -2.28. The van der Waals surface area contributed by atoms with Crippen LogP contribution in [0.15, 0.2) is 72.8 Å². The third kappa shape index (κ3) is 3.76. The van der Waals surface area contributed by atoms with Crippen LogP contribution in [-0.4, -0.2) is 27.8 Å². The monoisotopic (exact) mass is 494 g/mol. The molecule has 12 heteroatoms. The second-order valence-electron chi connectivity index (χ2n) is 7.94. The van der Waals surface area contributed by atoms with E-state index in [2.05, 4.69) is 0 Å². The van der Waals surface area contributed by atoms with Gasteiger partial charge in [-0.2, -0.15) is 0 Å². The van der Waals surface area contributed by atoms with E-state index in [0.717, 1.165) is 11.0 Å². The molecule has 2 heterocycles. The van der Waals surface area contributed by atoms with Gasteiger partial charge in [-0.1, -0.05) is 29.8 Å². The Hall–Kier alpha value is -4.35. The summed E-state index contributed by atoms with van der Waals surface area (Å²) in [5.41, 5.74) is 0.701. The molecule has 0 N–H and O–H groups in total. The van der Waals surface area contributed by atoms with Gasteiger partial charge in [-0.05, 0) is 35.9 Å². The van der Waals surface area contributed by atoms with E-state index in [4.69, 9.17) is 16.4 Å². The van der Waals surface area contributed by atoms with E-state index in [1.54, 1.807) is 24.3 Å². The standard InChI is InChI=1S/C23H15ClN4O7/c24-14-6-10-15(11-7-14)26-20(13-4-8-16(9-5-13)27(31)32)19-21(35-26)23(30)25(22(19)29)17-2-1-3-18(12-17)28(33)34/h1-12,19-21H/t19-,20-,21+/m1/s1. The SMILES string of the molecule is O=C1[C@H]2[C@H](ON(c3ccc(Cl)cc3)[C@@H]2c2ccc([N+](=O)[O-])cc2)C(=O)N1c1cccc([N+](=O)[O-])c1. The molecule has 176 valence electrons. The van der Waals surface area contributed by atoms with E-state index < -0.39 is 39.7 Å². The maximum Gasteiger partial charge on any atom is 0.271 e. The van der Waals surface area contributed by atoms with Crippen LogP contribution in [0.25, 0.3) is 0 Å². The number of benzene rings is 3. The zero-order valence-corrected chi connectivity index (χ0v) is 18.4. The van der Waals surface area contributed by atoms with Crippen molar-refractivity contribution in [3.63, 3.8) is 0 Å². The Morgan fingerprint density at radius 2 is 1.46 bits per heavy atom. The normalized spacial score (nSPS) is 21.3. The highest BCUT2D eigenvalue weighted by atomic mass is 35.5. The number of non-ortho nitro benzene ring substituents is 2. The minimum Gasteiger partial charge on any atom is -0.273 e. The molecule has 2 aliphatic heterocycles. The van der Waals surface area contributed by atoms with Gasteiger partial charge in [0.15, 0.2) is 6.10 Å². The summed E-state index contributed by atoms with van der Waals surface area (Å²) in [4.78, 5) is 54.9. The number of carbonyl (C=O) groups excluding carboxylic acids is 2. The maximum absolute atomic E-state index is 13.6. The number of hydrogen-bond donors (Lipinski definition) is 0. The highest BCUT2D eigenvalue weighted by molar-refractivity contribution is 6.30. The van der Waals surface area contributed by atoms with Gasteiger partial charge in [-0.3, -0.25) is 34.7 Å². The zero-order valence-electron chi connectivity index (χ0n) is 17.7. The Bertz CT molecular complexity index is 1360. The van der Waals surface area contributed by atoms with Gasteiger partial charge >= 0.3 is 0 Å². The van der Waals surface area contributed by atoms with Crippen LogP contribution in [0.4, 0.5) is 22.7 Å². The predicted molar refractivity (Wildman–Crippen MR) is 124 cm³/mol. The summed E-state index contributed by atoms with van der Waals surface area (Å²) in [6.07, 6.45) is -1.20. The summed E-state index contributed by atoms with van der Waals surface area (Å²) >= 11 is 6.00. The van der Waals surface area contributed by atoms with Crippen LogP contribution in [-0.2, 0) is 14.4 Å². The van der Waals surface area contributed by atoms with Crippen molar-refractivity contribution in [2.45, 2.75) is 12.1 Å². The molecular weight excluding hydrogens is 480 g/mol. The number of hydrogen-bond acceptors (Lipinski definition) is 8. The molecule has 5 rings (SSSR count). The lowest BCUT2D eigenvalue weighted by atomic mass is 9.90. The van der Waals surface area contributed by atoms with Crippen LogP contribution in [0.5, 0.6) is 0 Å². The van der Waals surface area contributed by atoms with Gasteiger partial charge in [0.25, 0.3) is 17.3 Å². The first-order chi connectivity index (χ1) is 16.8. The third-order valence-electron chi connectivity index (χ3n) is 5.94. The molecule has 2 aliphatic rings. The van der Waals surface area contributed by atoms with Gasteiger partial charge < -0.3 is 0 Å². The van der Waals surface area contributed by atoms with E-state index in [1.807, 2.05) is 0 Å². The molecule has 0 aliphatic carbocycles. The molecule has 35 heavy (non-hydrogen) atoms. The van der Waals surface area contributed by atoms with E-state index in [0.29, 0.717) is 16.3 Å². The van der Waals surface area contributed by atoms with Crippen LogP contribution < -0.4 is 9.96 Å². The Morgan fingerprint density at radius 3 is 2.09 bits per heavy atom. The summed E-state index contributed by atoms with van der Waals surface area (Å²) < 4.78 is 0. The average molecular weight is 495 g/mol. The maximum atomic E-state index is 13.6. The molecule has 0 unspecified atom stereocenters. The molecule has 0 aromatic heterocycles. The molecule has 2 fully saturated rings. The average Bonchev–Trinajstić information content (AvgIpc) is 3.35. The van der Waals surface area contributed by atoms with E-state index in [1.165, 1.54) is 47.5 Å². The Kier molecular flexibility index (Phi) is 5.42. The minimum atomic E-state index is -1.20. The first-order valence-electron chi connectivity index (χ1n) is 10.3. The minimum absolute atomic E-state index is 0.0627. The van der Waals surface area contributed by atoms with Crippen molar-refractivity contribution in [3.8, 4) is 0 Å². The second kappa shape index (κ2) is 8.46. The molecule has 0 saturated carbocycles. The van der Waals surface area contributed by atoms with E-state index in [-0.39, 0.29) is 17.1 Å². The number of fused-ring (bicyclic) bond motifs is 1. The topological polar surface area (TPSA) is 136 Å². The Morgan fingerprint density at radius 1 is 0.800 bits per heavy atom. The van der Waals surface area contributed by atoms with Crippen LogP contribution in [0.3, 0.4) is 0 Å². The number of carbonyl (C=O) groups is 2. The summed E-state index contributed by atoms with van der Waals surface area (Å²) in [5, 5.41) is 24.2. The third-order valence-corrected chi connectivity index (χ3v) is 6.19. The molecule has 0 radical (unpaired) electrons. The van der Waals surface area contributed by atoms with E-state index >= 15 is 0 Å². The summed E-state index contributed by atoms with van der Waals surface area (Å²) in [6.45, 7) is 0.